The molecule has 0 radical (unpaired) electrons. The van der Waals surface area contributed by atoms with E-state index in [0.29, 0.717) is 19.3 Å². The first-order valence-corrected chi connectivity index (χ1v) is 25.0. The quantitative estimate of drug-likeness (QED) is 0.0214. The second-order valence-corrected chi connectivity index (χ2v) is 17.7. The molecule has 0 fully saturated rings. The Balaban J connectivity index is 4.30. The van der Waals surface area contributed by atoms with Gasteiger partial charge >= 0.3 is 17.9 Å². The van der Waals surface area contributed by atoms with E-state index in [1.54, 1.807) is 0 Å². The van der Waals surface area contributed by atoms with Gasteiger partial charge in [0.25, 0.3) is 0 Å². The predicted octanol–water partition coefficient (Wildman–Crippen LogP) is 14.3. The monoisotopic (exact) mass is 869 g/mol. The number of allylic oxidation sites excluding steroid dienone is 12. The van der Waals surface area contributed by atoms with E-state index in [-0.39, 0.29) is 36.2 Å². The molecule has 0 aromatic rings. The molecule has 62 heavy (non-hydrogen) atoms. The Morgan fingerprint density at radius 2 is 0.952 bits per heavy atom. The fourth-order valence-corrected chi connectivity index (χ4v) is 7.01. The molecule has 0 aromatic carbocycles. The van der Waals surface area contributed by atoms with Crippen LogP contribution in [0.25, 0.3) is 0 Å². The molecule has 0 rings (SSSR count). The van der Waals surface area contributed by atoms with Crippen molar-refractivity contribution in [3.05, 3.63) is 72.9 Å². The van der Waals surface area contributed by atoms with E-state index in [4.69, 9.17) is 14.2 Å². The van der Waals surface area contributed by atoms with Crippen molar-refractivity contribution in [1.82, 2.24) is 0 Å². The third-order valence-electron chi connectivity index (χ3n) is 10.9. The number of likely N-dealkylation sites (N-methyl/N-ethyl adjacent to an activating group) is 1. The number of aliphatic carboxylic acids is 1. The van der Waals surface area contributed by atoms with Gasteiger partial charge in [-0.2, -0.15) is 0 Å². The number of hydrogen-bond donors (Lipinski definition) is 1. The standard InChI is InChI=1S/C54H93NO7/c1-6-8-10-12-14-16-18-20-22-24-25-26-27-28-29-31-32-34-36-38-40-42-44-52(56)61-49-50(48-60-47-46-51(54(58)59)55(3,4)5)62-53(57)45-43-41-39-37-35-33-30-23-21-19-17-15-13-11-9-7-2/h8,10,14,16,20,22-23,25-26,30,33,35,50-51H,6-7,9,11-13,15,17-19,21,24,27-29,31-32,34,36-49H2,1-5H3/p+1/b10-8+,16-14+,22-20+,26-25+,30-23+,35-33+. The summed E-state index contributed by atoms with van der Waals surface area (Å²) >= 11 is 0. The third kappa shape index (κ3) is 42.1. The van der Waals surface area contributed by atoms with Gasteiger partial charge in [-0.1, -0.05) is 177 Å². The highest BCUT2D eigenvalue weighted by Gasteiger charge is 2.31. The average molecular weight is 869 g/mol. The van der Waals surface area contributed by atoms with Gasteiger partial charge in [-0.25, -0.2) is 4.79 Å². The number of carboxylic acids is 1. The van der Waals surface area contributed by atoms with Crippen molar-refractivity contribution in [1.29, 1.82) is 0 Å². The highest BCUT2D eigenvalue weighted by Crippen LogP contribution is 2.14. The first-order valence-electron chi connectivity index (χ1n) is 25.0. The second kappa shape index (κ2) is 44.4. The number of carbonyl (C=O) groups excluding carboxylic acids is 2. The van der Waals surface area contributed by atoms with Crippen molar-refractivity contribution >= 4 is 17.9 Å². The lowest BCUT2D eigenvalue weighted by Crippen LogP contribution is -2.50. The molecule has 0 aliphatic carbocycles. The van der Waals surface area contributed by atoms with Gasteiger partial charge < -0.3 is 23.8 Å². The minimum atomic E-state index is -0.882. The van der Waals surface area contributed by atoms with Crippen LogP contribution in [0.1, 0.15) is 200 Å². The summed E-state index contributed by atoms with van der Waals surface area (Å²) < 4.78 is 17.3. The van der Waals surface area contributed by atoms with Crippen LogP contribution >= 0.6 is 0 Å². The first kappa shape index (κ1) is 58.8. The van der Waals surface area contributed by atoms with Crippen LogP contribution in [0.5, 0.6) is 0 Å². The number of nitrogens with zero attached hydrogens (tertiary/aromatic N) is 1. The number of ether oxygens (including phenoxy) is 3. The molecule has 8 nitrogen and oxygen atoms in total. The normalized spacial score (nSPS) is 13.5. The van der Waals surface area contributed by atoms with Gasteiger partial charge in [-0.05, 0) is 77.0 Å². The third-order valence-corrected chi connectivity index (χ3v) is 10.9. The largest absolute Gasteiger partial charge is 0.477 e. The molecular weight excluding hydrogens is 775 g/mol. The van der Waals surface area contributed by atoms with Gasteiger partial charge in [0.15, 0.2) is 12.1 Å². The zero-order valence-corrected chi connectivity index (χ0v) is 40.6. The van der Waals surface area contributed by atoms with Crippen LogP contribution in [0.3, 0.4) is 0 Å². The number of quaternary nitrogens is 1. The van der Waals surface area contributed by atoms with Gasteiger partial charge in [0, 0.05) is 19.3 Å². The van der Waals surface area contributed by atoms with E-state index in [2.05, 4.69) is 86.8 Å². The molecule has 8 heteroatoms. The molecule has 0 spiro atoms. The molecule has 1 N–H and O–H groups in total. The second-order valence-electron chi connectivity index (χ2n) is 17.7. The molecule has 2 unspecified atom stereocenters. The molecule has 356 valence electrons. The van der Waals surface area contributed by atoms with E-state index in [1.165, 1.54) is 83.5 Å². The van der Waals surface area contributed by atoms with Crippen LogP contribution in [-0.4, -0.2) is 80.6 Å². The maximum Gasteiger partial charge on any atom is 0.362 e. The van der Waals surface area contributed by atoms with Crippen LogP contribution < -0.4 is 0 Å². The predicted molar refractivity (Wildman–Crippen MR) is 261 cm³/mol. The van der Waals surface area contributed by atoms with Gasteiger partial charge in [0.2, 0.25) is 0 Å². The highest BCUT2D eigenvalue weighted by molar-refractivity contribution is 5.72. The van der Waals surface area contributed by atoms with E-state index in [1.807, 2.05) is 21.1 Å². The smallest absolute Gasteiger partial charge is 0.362 e. The van der Waals surface area contributed by atoms with Crippen molar-refractivity contribution < 1.29 is 38.2 Å². The van der Waals surface area contributed by atoms with Crippen LogP contribution in [0, 0.1) is 0 Å². The molecule has 0 aromatic heterocycles. The zero-order valence-electron chi connectivity index (χ0n) is 40.6. The Kier molecular flexibility index (Phi) is 42.1. The summed E-state index contributed by atoms with van der Waals surface area (Å²) in [6.07, 6.45) is 56.6. The lowest BCUT2D eigenvalue weighted by atomic mass is 10.1. The Morgan fingerprint density at radius 3 is 1.45 bits per heavy atom. The summed E-state index contributed by atoms with van der Waals surface area (Å²) in [7, 11) is 5.52. The molecular formula is C54H94NO7+. The molecule has 2 atom stereocenters. The molecule has 0 heterocycles. The van der Waals surface area contributed by atoms with E-state index < -0.39 is 18.1 Å². The first-order chi connectivity index (χ1) is 30.1. The Hall–Kier alpha value is -3.23. The number of hydrogen-bond acceptors (Lipinski definition) is 6. The fourth-order valence-electron chi connectivity index (χ4n) is 7.01. The fraction of sp³-hybridized carbons (Fsp3) is 0.722. The summed E-state index contributed by atoms with van der Waals surface area (Å²) in [5.41, 5.74) is 0. The van der Waals surface area contributed by atoms with Gasteiger partial charge in [-0.15, -0.1) is 0 Å². The Bertz CT molecular complexity index is 1240. The summed E-state index contributed by atoms with van der Waals surface area (Å²) in [6, 6.07) is -0.623. The maximum absolute atomic E-state index is 12.8. The van der Waals surface area contributed by atoms with Crippen LogP contribution in [0.4, 0.5) is 0 Å². The van der Waals surface area contributed by atoms with Crippen molar-refractivity contribution in [3.8, 4) is 0 Å². The lowest BCUT2D eigenvalue weighted by Gasteiger charge is -2.31. The van der Waals surface area contributed by atoms with Gasteiger partial charge in [0.05, 0.1) is 34.4 Å². The summed E-state index contributed by atoms with van der Waals surface area (Å²) in [6.45, 7) is 4.59. The molecule has 0 bridgehead atoms. The van der Waals surface area contributed by atoms with Crippen molar-refractivity contribution in [2.45, 2.75) is 212 Å². The summed E-state index contributed by atoms with van der Waals surface area (Å²) in [5, 5.41) is 9.64. The highest BCUT2D eigenvalue weighted by atomic mass is 16.6. The maximum atomic E-state index is 12.8. The Labute approximate surface area is 381 Å². The van der Waals surface area contributed by atoms with Crippen LogP contribution in [-0.2, 0) is 28.6 Å². The number of carbonyl (C=O) groups is 3. The van der Waals surface area contributed by atoms with Crippen LogP contribution in [0.15, 0.2) is 72.9 Å². The minimum absolute atomic E-state index is 0.0458. The number of rotatable bonds is 44. The van der Waals surface area contributed by atoms with E-state index in [0.717, 1.165) is 83.5 Å². The molecule has 0 aliphatic heterocycles. The summed E-state index contributed by atoms with van der Waals surface area (Å²) in [4.78, 5) is 37.1. The lowest BCUT2D eigenvalue weighted by molar-refractivity contribution is -0.887. The van der Waals surface area contributed by atoms with Crippen LogP contribution in [0.2, 0.25) is 0 Å². The Morgan fingerprint density at radius 1 is 0.516 bits per heavy atom. The van der Waals surface area contributed by atoms with E-state index in [9.17, 15) is 19.5 Å². The molecule has 0 aliphatic rings. The van der Waals surface area contributed by atoms with Gasteiger partial charge in [0.1, 0.15) is 6.61 Å². The molecule has 0 saturated heterocycles. The zero-order chi connectivity index (χ0) is 45.6. The topological polar surface area (TPSA) is 99.1 Å². The molecule has 0 saturated carbocycles. The number of unbranched alkanes of at least 4 members (excludes halogenated alkanes) is 19. The van der Waals surface area contributed by atoms with Gasteiger partial charge in [-0.3, -0.25) is 9.59 Å². The van der Waals surface area contributed by atoms with Crippen molar-refractivity contribution in [3.63, 3.8) is 0 Å². The van der Waals surface area contributed by atoms with E-state index >= 15 is 0 Å². The minimum Gasteiger partial charge on any atom is -0.477 e. The van der Waals surface area contributed by atoms with Crippen molar-refractivity contribution in [2.75, 3.05) is 41.0 Å². The molecule has 0 amide bonds. The average Bonchev–Trinajstić information content (AvgIpc) is 3.23. The number of esters is 2. The van der Waals surface area contributed by atoms with Crippen molar-refractivity contribution in [2.24, 2.45) is 0 Å². The number of carboxylic acid groups (broad SMARTS) is 1. The summed E-state index contributed by atoms with van der Waals surface area (Å²) in [5.74, 6) is -1.51. The SMILES string of the molecule is CC/C=C/C/C=C/C/C=C/C/C=C/CCCCCCCCCCCC(=O)OCC(COCCC(C(=O)O)[N+](C)(C)C)OC(=O)CCCCC/C=C/C=C/CCCCCCCCC.